The zero-order chi connectivity index (χ0) is 15.9. The summed E-state index contributed by atoms with van der Waals surface area (Å²) in [7, 11) is 1.22. The van der Waals surface area contributed by atoms with Gasteiger partial charge in [0, 0.05) is 13.1 Å². The molecule has 0 atom stereocenters. The Balaban J connectivity index is 2.94. The van der Waals surface area contributed by atoms with E-state index in [1.54, 1.807) is 0 Å². The molecule has 1 aromatic heterocycles. The van der Waals surface area contributed by atoms with Crippen molar-refractivity contribution in [2.75, 3.05) is 5.73 Å². The second kappa shape index (κ2) is 5.21. The van der Waals surface area contributed by atoms with Crippen LogP contribution < -0.4 is 17.0 Å². The Morgan fingerprint density at radius 2 is 2.00 bits per heavy atom. The van der Waals surface area contributed by atoms with E-state index in [0.29, 0.717) is 4.57 Å². The van der Waals surface area contributed by atoms with Gasteiger partial charge in [-0.2, -0.15) is 0 Å². The summed E-state index contributed by atoms with van der Waals surface area (Å²) >= 11 is 5.55. The Bertz CT molecular complexity index is 845. The van der Waals surface area contributed by atoms with Crippen LogP contribution in [0.5, 0.6) is 5.75 Å². The zero-order valence-electron chi connectivity index (χ0n) is 10.7. The Morgan fingerprint density at radius 3 is 2.57 bits per heavy atom. The number of anilines is 1. The standard InChI is InChI=1S/C12H10ClF2N3O3/c1-17-5(4-14)2-8(19)18(12(17)21)10-7(15)3-6(13)11(20)9(10)16/h2-3,20H,4,16H2,1H3. The van der Waals surface area contributed by atoms with Gasteiger partial charge in [0.1, 0.15) is 18.0 Å². The van der Waals surface area contributed by atoms with Crippen LogP contribution in [0.3, 0.4) is 0 Å². The predicted octanol–water partition coefficient (Wildman–Crippen LogP) is 1.09. The number of nitrogen functional groups attached to an aromatic ring is 1. The van der Waals surface area contributed by atoms with Crippen LogP contribution in [0.15, 0.2) is 21.7 Å². The van der Waals surface area contributed by atoms with Crippen molar-refractivity contribution in [1.82, 2.24) is 9.13 Å². The molecule has 2 rings (SSSR count). The number of aromatic hydroxyl groups is 1. The summed E-state index contributed by atoms with van der Waals surface area (Å²) in [5.41, 5.74) is 2.18. The fourth-order valence-electron chi connectivity index (χ4n) is 1.85. The summed E-state index contributed by atoms with van der Waals surface area (Å²) in [6.45, 7) is -1.04. The third-order valence-corrected chi connectivity index (χ3v) is 3.28. The topological polar surface area (TPSA) is 90.2 Å². The van der Waals surface area contributed by atoms with E-state index in [9.17, 15) is 23.5 Å². The van der Waals surface area contributed by atoms with Crippen molar-refractivity contribution in [2.45, 2.75) is 6.67 Å². The van der Waals surface area contributed by atoms with E-state index >= 15 is 0 Å². The lowest BCUT2D eigenvalue weighted by atomic mass is 10.2. The summed E-state index contributed by atoms with van der Waals surface area (Å²) in [6.07, 6.45) is 0. The molecule has 0 aliphatic carbocycles. The molecule has 1 aromatic carbocycles. The Hall–Kier alpha value is -2.35. The van der Waals surface area contributed by atoms with Gasteiger partial charge in [-0.25, -0.2) is 18.1 Å². The number of phenolic OH excluding ortho intramolecular Hbond substituents is 1. The van der Waals surface area contributed by atoms with Crippen molar-refractivity contribution < 1.29 is 13.9 Å². The number of aromatic nitrogens is 2. The van der Waals surface area contributed by atoms with E-state index in [-0.39, 0.29) is 10.7 Å². The van der Waals surface area contributed by atoms with Crippen LogP contribution in [-0.2, 0) is 13.7 Å². The van der Waals surface area contributed by atoms with E-state index in [4.69, 9.17) is 17.3 Å². The van der Waals surface area contributed by atoms with E-state index in [2.05, 4.69) is 0 Å². The third-order valence-electron chi connectivity index (χ3n) is 3.00. The van der Waals surface area contributed by atoms with Crippen molar-refractivity contribution in [3.63, 3.8) is 0 Å². The van der Waals surface area contributed by atoms with E-state index in [1.807, 2.05) is 0 Å². The molecule has 0 unspecified atom stereocenters. The number of nitrogens with zero attached hydrogens (tertiary/aromatic N) is 2. The number of hydrogen-bond acceptors (Lipinski definition) is 4. The molecule has 0 amide bonds. The lowest BCUT2D eigenvalue weighted by Gasteiger charge is -2.14. The minimum atomic E-state index is -1.07. The fourth-order valence-corrected chi connectivity index (χ4v) is 2.05. The van der Waals surface area contributed by atoms with Crippen molar-refractivity contribution in [2.24, 2.45) is 7.05 Å². The van der Waals surface area contributed by atoms with E-state index in [0.717, 1.165) is 16.7 Å². The predicted molar refractivity (Wildman–Crippen MR) is 73.1 cm³/mol. The molecule has 0 radical (unpaired) electrons. The maximum atomic E-state index is 14.0. The number of phenols is 1. The first-order valence-corrected chi connectivity index (χ1v) is 6.02. The molecule has 3 N–H and O–H groups in total. The second-order valence-electron chi connectivity index (χ2n) is 4.24. The summed E-state index contributed by atoms with van der Waals surface area (Å²) in [6, 6.07) is 1.56. The number of nitrogens with two attached hydrogens (primary N) is 1. The third kappa shape index (κ3) is 2.27. The van der Waals surface area contributed by atoms with Crippen LogP contribution in [0.1, 0.15) is 5.69 Å². The molecule has 9 heteroatoms. The summed E-state index contributed by atoms with van der Waals surface area (Å²) in [5.74, 6) is -1.72. The molecule has 0 aliphatic rings. The molecule has 21 heavy (non-hydrogen) atoms. The first-order valence-electron chi connectivity index (χ1n) is 5.64. The Kier molecular flexibility index (Phi) is 3.73. The average molecular weight is 318 g/mol. The second-order valence-corrected chi connectivity index (χ2v) is 4.64. The van der Waals surface area contributed by atoms with Gasteiger partial charge in [0.25, 0.3) is 5.56 Å². The Labute approximate surface area is 121 Å². The van der Waals surface area contributed by atoms with Gasteiger partial charge in [-0.15, -0.1) is 0 Å². The number of rotatable bonds is 2. The minimum absolute atomic E-state index is 0.168. The van der Waals surface area contributed by atoms with Crippen molar-refractivity contribution >= 4 is 17.3 Å². The van der Waals surface area contributed by atoms with Gasteiger partial charge >= 0.3 is 5.69 Å². The monoisotopic (exact) mass is 317 g/mol. The summed E-state index contributed by atoms with van der Waals surface area (Å²) in [4.78, 5) is 24.0. The number of hydrogen-bond donors (Lipinski definition) is 2. The van der Waals surface area contributed by atoms with Crippen LogP contribution in [0.4, 0.5) is 14.5 Å². The zero-order valence-corrected chi connectivity index (χ0v) is 11.5. The van der Waals surface area contributed by atoms with Crippen LogP contribution in [-0.4, -0.2) is 14.2 Å². The molecular formula is C12H10ClF2N3O3. The molecule has 6 nitrogen and oxygen atoms in total. The smallest absolute Gasteiger partial charge is 0.335 e. The quantitative estimate of drug-likeness (QED) is 0.641. The van der Waals surface area contributed by atoms with Gasteiger partial charge in [-0.3, -0.25) is 9.36 Å². The number of halogens is 3. The van der Waals surface area contributed by atoms with Gasteiger partial charge in [0.05, 0.1) is 10.7 Å². The van der Waals surface area contributed by atoms with Gasteiger partial charge in [0.2, 0.25) is 0 Å². The van der Waals surface area contributed by atoms with Gasteiger partial charge in [0.15, 0.2) is 11.6 Å². The van der Waals surface area contributed by atoms with Gasteiger partial charge in [-0.05, 0) is 6.07 Å². The van der Waals surface area contributed by atoms with E-state index in [1.165, 1.54) is 7.05 Å². The van der Waals surface area contributed by atoms with Gasteiger partial charge < -0.3 is 10.8 Å². The molecule has 0 bridgehead atoms. The largest absolute Gasteiger partial charge is 0.504 e. The number of alkyl halides is 1. The Morgan fingerprint density at radius 1 is 1.38 bits per heavy atom. The van der Waals surface area contributed by atoms with Crippen molar-refractivity contribution in [3.8, 4) is 11.4 Å². The molecular weight excluding hydrogens is 308 g/mol. The highest BCUT2D eigenvalue weighted by molar-refractivity contribution is 6.32. The lowest BCUT2D eigenvalue weighted by Crippen LogP contribution is -2.39. The van der Waals surface area contributed by atoms with Crippen LogP contribution in [0.25, 0.3) is 5.69 Å². The fraction of sp³-hybridized carbons (Fsp3) is 0.167. The molecule has 0 saturated heterocycles. The van der Waals surface area contributed by atoms with Crippen molar-refractivity contribution in [3.05, 3.63) is 49.5 Å². The minimum Gasteiger partial charge on any atom is -0.504 e. The molecule has 0 saturated carbocycles. The van der Waals surface area contributed by atoms with Crippen molar-refractivity contribution in [1.29, 1.82) is 0 Å². The van der Waals surface area contributed by atoms with E-state index < -0.39 is 40.9 Å². The summed E-state index contributed by atoms with van der Waals surface area (Å²) in [5, 5.41) is 9.25. The lowest BCUT2D eigenvalue weighted by molar-refractivity contribution is 0.454. The molecule has 0 aliphatic heterocycles. The first kappa shape index (κ1) is 15.0. The van der Waals surface area contributed by atoms with Crippen LogP contribution >= 0.6 is 11.6 Å². The maximum Gasteiger partial charge on any atom is 0.335 e. The molecule has 0 spiro atoms. The normalized spacial score (nSPS) is 10.9. The first-order chi connectivity index (χ1) is 9.79. The highest BCUT2D eigenvalue weighted by atomic mass is 35.5. The SMILES string of the molecule is Cn1c(CF)cc(=O)n(-c2c(F)cc(Cl)c(O)c2N)c1=O. The average Bonchev–Trinajstić information content (AvgIpc) is 2.44. The molecule has 1 heterocycles. The molecule has 2 aromatic rings. The van der Waals surface area contributed by atoms with Crippen LogP contribution in [0.2, 0.25) is 5.02 Å². The molecule has 0 fully saturated rings. The highest BCUT2D eigenvalue weighted by Crippen LogP contribution is 2.35. The number of benzene rings is 1. The summed E-state index contributed by atoms with van der Waals surface area (Å²) < 4.78 is 27.9. The van der Waals surface area contributed by atoms with Crippen LogP contribution in [0, 0.1) is 5.82 Å². The molecule has 112 valence electrons. The maximum absolute atomic E-state index is 14.0. The van der Waals surface area contributed by atoms with Gasteiger partial charge in [-0.1, -0.05) is 11.6 Å². The highest BCUT2D eigenvalue weighted by Gasteiger charge is 2.20.